The van der Waals surface area contributed by atoms with Crippen LogP contribution in [-0.4, -0.2) is 30.0 Å². The van der Waals surface area contributed by atoms with Gasteiger partial charge in [0.2, 0.25) is 0 Å². The third kappa shape index (κ3) is 4.27. The van der Waals surface area contributed by atoms with Crippen molar-refractivity contribution in [3.8, 4) is 22.4 Å². The van der Waals surface area contributed by atoms with Crippen molar-refractivity contribution in [2.45, 2.75) is 26.3 Å². The Morgan fingerprint density at radius 2 is 1.68 bits per heavy atom. The van der Waals surface area contributed by atoms with Crippen LogP contribution in [0.3, 0.4) is 0 Å². The first-order chi connectivity index (χ1) is 18.1. The van der Waals surface area contributed by atoms with Crippen LogP contribution in [0.5, 0.6) is 0 Å². The van der Waals surface area contributed by atoms with Gasteiger partial charge in [0.15, 0.2) is 0 Å². The number of carbonyl (C=O) groups is 1. The van der Waals surface area contributed by atoms with E-state index in [4.69, 9.17) is 9.97 Å². The lowest BCUT2D eigenvalue weighted by Gasteiger charge is -2.11. The summed E-state index contributed by atoms with van der Waals surface area (Å²) < 4.78 is 4.31. The molecule has 37 heavy (non-hydrogen) atoms. The van der Waals surface area contributed by atoms with Crippen molar-refractivity contribution in [3.63, 3.8) is 0 Å². The predicted octanol–water partition coefficient (Wildman–Crippen LogP) is 6.72. The van der Waals surface area contributed by atoms with Gasteiger partial charge in [-0.3, -0.25) is 0 Å². The van der Waals surface area contributed by atoms with Gasteiger partial charge in [-0.15, -0.1) is 0 Å². The minimum Gasteiger partial charge on any atom is -0.478 e. The Balaban J connectivity index is 1.34. The maximum absolute atomic E-state index is 11.6. The molecule has 0 fully saturated rings. The molecule has 0 aliphatic heterocycles. The van der Waals surface area contributed by atoms with E-state index in [1.54, 1.807) is 12.1 Å². The summed E-state index contributed by atoms with van der Waals surface area (Å²) in [5, 5.41) is 9.55. The summed E-state index contributed by atoms with van der Waals surface area (Å²) in [6.07, 6.45) is 5.95. The Hall–Kier alpha value is -4.71. The van der Waals surface area contributed by atoms with Crippen LogP contribution in [0.25, 0.3) is 39.1 Å². The van der Waals surface area contributed by atoms with Gasteiger partial charge in [-0.2, -0.15) is 0 Å². The van der Waals surface area contributed by atoms with Gasteiger partial charge >= 0.3 is 5.97 Å². The van der Waals surface area contributed by atoms with Crippen molar-refractivity contribution >= 4 is 22.6 Å². The SMILES string of the molecule is CCCc1nc2cc(-c3cn4ccccc4n3)ccc2n1Cc1ccc(-c2ccccc2C(=O)O)cc1. The second kappa shape index (κ2) is 9.39. The van der Waals surface area contributed by atoms with E-state index in [9.17, 15) is 9.90 Å². The van der Waals surface area contributed by atoms with E-state index in [0.717, 1.165) is 63.3 Å². The molecule has 0 aliphatic rings. The number of carboxylic acid groups (broad SMARTS) is 1. The van der Waals surface area contributed by atoms with Crippen LogP contribution in [0.15, 0.2) is 97.3 Å². The highest BCUT2D eigenvalue weighted by Crippen LogP contribution is 2.28. The Kier molecular flexibility index (Phi) is 5.77. The number of carboxylic acids is 1. The lowest BCUT2D eigenvalue weighted by molar-refractivity contribution is 0.0697. The van der Waals surface area contributed by atoms with Gasteiger partial charge in [0.25, 0.3) is 0 Å². The Morgan fingerprint density at radius 3 is 2.46 bits per heavy atom. The van der Waals surface area contributed by atoms with Gasteiger partial charge in [0, 0.05) is 30.9 Å². The molecule has 0 spiro atoms. The molecule has 0 unspecified atom stereocenters. The zero-order valence-corrected chi connectivity index (χ0v) is 20.5. The normalized spacial score (nSPS) is 11.4. The first-order valence-corrected chi connectivity index (χ1v) is 12.5. The molecule has 0 aliphatic carbocycles. The fourth-order valence-corrected chi connectivity index (χ4v) is 4.90. The van der Waals surface area contributed by atoms with Gasteiger partial charge in [-0.25, -0.2) is 14.8 Å². The molecule has 3 aromatic heterocycles. The van der Waals surface area contributed by atoms with Gasteiger partial charge in [-0.1, -0.05) is 61.5 Å². The lowest BCUT2D eigenvalue weighted by Crippen LogP contribution is -2.05. The first-order valence-electron chi connectivity index (χ1n) is 12.5. The largest absolute Gasteiger partial charge is 0.478 e. The zero-order chi connectivity index (χ0) is 25.4. The second-order valence-corrected chi connectivity index (χ2v) is 9.21. The molecule has 182 valence electrons. The summed E-state index contributed by atoms with van der Waals surface area (Å²) in [5.41, 5.74) is 8.01. The fourth-order valence-electron chi connectivity index (χ4n) is 4.90. The molecule has 6 aromatic rings. The van der Waals surface area contributed by atoms with Gasteiger partial charge in [0.1, 0.15) is 11.5 Å². The topological polar surface area (TPSA) is 72.4 Å². The Morgan fingerprint density at radius 1 is 0.892 bits per heavy atom. The molecule has 6 rings (SSSR count). The predicted molar refractivity (Wildman–Crippen MR) is 146 cm³/mol. The van der Waals surface area contributed by atoms with E-state index in [1.165, 1.54) is 0 Å². The van der Waals surface area contributed by atoms with E-state index >= 15 is 0 Å². The van der Waals surface area contributed by atoms with Gasteiger partial charge in [-0.05, 0) is 53.4 Å². The monoisotopic (exact) mass is 486 g/mol. The van der Waals surface area contributed by atoms with Crippen LogP contribution in [-0.2, 0) is 13.0 Å². The number of benzene rings is 3. The van der Waals surface area contributed by atoms with Crippen LogP contribution in [0.4, 0.5) is 0 Å². The second-order valence-electron chi connectivity index (χ2n) is 9.21. The summed E-state index contributed by atoms with van der Waals surface area (Å²) in [6, 6.07) is 27.6. The molecule has 1 N–H and O–H groups in total. The number of fused-ring (bicyclic) bond motifs is 2. The van der Waals surface area contributed by atoms with Gasteiger partial charge < -0.3 is 14.1 Å². The van der Waals surface area contributed by atoms with E-state index < -0.39 is 5.97 Å². The number of imidazole rings is 2. The maximum Gasteiger partial charge on any atom is 0.336 e. The highest BCUT2D eigenvalue weighted by atomic mass is 16.4. The van der Waals surface area contributed by atoms with Crippen molar-refractivity contribution in [2.75, 3.05) is 0 Å². The minimum absolute atomic E-state index is 0.308. The average molecular weight is 487 g/mol. The van der Waals surface area contributed by atoms with Gasteiger partial charge in [0.05, 0.1) is 22.3 Å². The maximum atomic E-state index is 11.6. The average Bonchev–Trinajstić information content (AvgIpc) is 3.50. The van der Waals surface area contributed by atoms with E-state index in [2.05, 4.69) is 41.8 Å². The summed E-state index contributed by atoms with van der Waals surface area (Å²) in [6.45, 7) is 2.86. The number of hydrogen-bond donors (Lipinski definition) is 1. The van der Waals surface area contributed by atoms with Crippen LogP contribution in [0.1, 0.15) is 35.1 Å². The Bertz CT molecular complexity index is 1710. The number of hydrogen-bond acceptors (Lipinski definition) is 3. The number of pyridine rings is 1. The third-order valence-electron chi connectivity index (χ3n) is 6.72. The Labute approximate surface area is 214 Å². The molecule has 3 aromatic carbocycles. The van der Waals surface area contributed by atoms with Crippen LogP contribution >= 0.6 is 0 Å². The van der Waals surface area contributed by atoms with E-state index in [-0.39, 0.29) is 0 Å². The van der Waals surface area contributed by atoms with Crippen LogP contribution in [0, 0.1) is 0 Å². The van der Waals surface area contributed by atoms with Crippen molar-refractivity contribution in [1.29, 1.82) is 0 Å². The highest BCUT2D eigenvalue weighted by molar-refractivity contribution is 5.96. The van der Waals surface area contributed by atoms with Crippen molar-refractivity contribution < 1.29 is 9.90 Å². The lowest BCUT2D eigenvalue weighted by atomic mass is 9.99. The number of rotatable bonds is 7. The van der Waals surface area contributed by atoms with E-state index in [0.29, 0.717) is 12.1 Å². The summed E-state index contributed by atoms with van der Waals surface area (Å²) >= 11 is 0. The number of aromatic nitrogens is 4. The van der Waals surface area contributed by atoms with Crippen molar-refractivity contribution in [1.82, 2.24) is 18.9 Å². The number of aryl methyl sites for hydroxylation is 1. The summed E-state index contributed by atoms with van der Waals surface area (Å²) in [4.78, 5) is 21.4. The first kappa shape index (κ1) is 22.7. The molecule has 0 saturated carbocycles. The minimum atomic E-state index is -0.920. The smallest absolute Gasteiger partial charge is 0.336 e. The van der Waals surface area contributed by atoms with Crippen molar-refractivity contribution in [2.24, 2.45) is 0 Å². The summed E-state index contributed by atoms with van der Waals surface area (Å²) in [5.74, 6) is 0.140. The third-order valence-corrected chi connectivity index (χ3v) is 6.72. The zero-order valence-electron chi connectivity index (χ0n) is 20.5. The molecule has 0 radical (unpaired) electrons. The molecule has 6 heteroatoms. The van der Waals surface area contributed by atoms with Crippen LogP contribution in [0.2, 0.25) is 0 Å². The molecular weight excluding hydrogens is 460 g/mol. The molecule has 0 amide bonds. The number of nitrogens with zero attached hydrogens (tertiary/aromatic N) is 4. The number of aromatic carboxylic acids is 1. The van der Waals surface area contributed by atoms with Crippen LogP contribution < -0.4 is 0 Å². The molecule has 0 atom stereocenters. The quantitative estimate of drug-likeness (QED) is 0.272. The molecule has 3 heterocycles. The standard InChI is InChI=1S/C31H26N4O2/c1-2-7-30-32-26-18-23(27-20-34-17-6-5-10-29(34)33-27)15-16-28(26)35(30)19-21-11-13-22(14-12-21)24-8-3-4-9-25(24)31(36)37/h3-6,8-18,20H,2,7,19H2,1H3,(H,36,37). The molecular formula is C31H26N4O2. The highest BCUT2D eigenvalue weighted by Gasteiger charge is 2.14. The van der Waals surface area contributed by atoms with Crippen molar-refractivity contribution in [3.05, 3.63) is 114 Å². The molecule has 0 bridgehead atoms. The molecule has 6 nitrogen and oxygen atoms in total. The van der Waals surface area contributed by atoms with E-state index in [1.807, 2.05) is 59.3 Å². The fraction of sp³-hybridized carbons (Fsp3) is 0.129. The summed E-state index contributed by atoms with van der Waals surface area (Å²) in [7, 11) is 0. The molecule has 0 saturated heterocycles.